The molecule has 0 spiro atoms. The molecule has 0 N–H and O–H groups in total. The number of carbonyl (C=O) groups excluding carboxylic acids is 2. The number of Topliss-reactive ketones (excluding diaryl/α,β-unsaturated/α-hetero) is 1. The van der Waals surface area contributed by atoms with E-state index in [1.165, 1.54) is 12.1 Å². The highest BCUT2D eigenvalue weighted by atomic mass is 32.2. The van der Waals surface area contributed by atoms with Gasteiger partial charge in [0.1, 0.15) is 16.8 Å². The Morgan fingerprint density at radius 2 is 1.74 bits per heavy atom. The molecule has 0 unspecified atom stereocenters. The van der Waals surface area contributed by atoms with Crippen molar-refractivity contribution in [2.75, 3.05) is 13.2 Å². The van der Waals surface area contributed by atoms with Crippen molar-refractivity contribution in [3.05, 3.63) is 83.4 Å². The number of rotatable bonds is 7. The Kier molecular flexibility index (Phi) is 6.67. The van der Waals surface area contributed by atoms with E-state index in [0.717, 1.165) is 33.5 Å². The Balaban J connectivity index is 1.48. The van der Waals surface area contributed by atoms with Gasteiger partial charge in [0.15, 0.2) is 6.61 Å². The molecule has 1 saturated heterocycles. The number of hydrogen-bond donors (Lipinski definition) is 0. The third kappa shape index (κ3) is 4.41. The summed E-state index contributed by atoms with van der Waals surface area (Å²) in [5.41, 5.74) is 2.91. The van der Waals surface area contributed by atoms with Crippen molar-refractivity contribution < 1.29 is 27.1 Å². The van der Waals surface area contributed by atoms with E-state index >= 15 is 0 Å². The van der Waals surface area contributed by atoms with Crippen LogP contribution in [0.1, 0.15) is 34.6 Å². The van der Waals surface area contributed by atoms with Gasteiger partial charge in [0.05, 0.1) is 0 Å². The Labute approximate surface area is 197 Å². The number of benzene rings is 2. The van der Waals surface area contributed by atoms with Crippen LogP contribution in [0.25, 0.3) is 5.69 Å². The number of aryl methyl sites for hydroxylation is 1. The Hall–Kier alpha value is -3.30. The molecule has 7 nitrogen and oxygen atoms in total. The van der Waals surface area contributed by atoms with Gasteiger partial charge in [-0.25, -0.2) is 12.8 Å². The summed E-state index contributed by atoms with van der Waals surface area (Å²) in [7, 11) is -4.22. The minimum Gasteiger partial charge on any atom is -0.456 e. The lowest BCUT2D eigenvalue weighted by molar-refractivity contribution is -0.146. The minimum atomic E-state index is -4.22. The van der Waals surface area contributed by atoms with E-state index in [4.69, 9.17) is 4.74 Å². The average molecular weight is 485 g/mol. The average Bonchev–Trinajstić information content (AvgIpc) is 3.43. The number of para-hydroxylation sites is 1. The quantitative estimate of drug-likeness (QED) is 0.376. The molecule has 1 aliphatic rings. The van der Waals surface area contributed by atoms with Crippen LogP contribution in [-0.4, -0.2) is 48.2 Å². The molecule has 1 aromatic heterocycles. The molecule has 1 atom stereocenters. The van der Waals surface area contributed by atoms with Crippen LogP contribution in [0.3, 0.4) is 0 Å². The molecule has 2 heterocycles. The molecular formula is C25H25FN2O5S. The fourth-order valence-corrected chi connectivity index (χ4v) is 6.09. The summed E-state index contributed by atoms with van der Waals surface area (Å²) in [5, 5.41) is 0. The van der Waals surface area contributed by atoms with Gasteiger partial charge in [-0.05, 0) is 57.0 Å². The fourth-order valence-electron chi connectivity index (χ4n) is 4.37. The first-order valence-corrected chi connectivity index (χ1v) is 12.4. The predicted molar refractivity (Wildman–Crippen MR) is 124 cm³/mol. The molecule has 0 radical (unpaired) electrons. The Morgan fingerprint density at radius 1 is 1.06 bits per heavy atom. The van der Waals surface area contributed by atoms with Gasteiger partial charge in [0.2, 0.25) is 15.8 Å². The second-order valence-corrected chi connectivity index (χ2v) is 10.0. The summed E-state index contributed by atoms with van der Waals surface area (Å²) in [4.78, 5) is 25.1. The van der Waals surface area contributed by atoms with Crippen LogP contribution in [0.15, 0.2) is 65.6 Å². The van der Waals surface area contributed by atoms with E-state index in [1.54, 1.807) is 6.07 Å². The zero-order chi connectivity index (χ0) is 24.5. The molecule has 4 rings (SSSR count). The SMILES string of the molecule is Cc1cc(C(=O)COC(=O)[C@@H]2CCCN2S(=O)(=O)c2ccccc2F)c(C)n1-c1ccccc1. The van der Waals surface area contributed by atoms with Gasteiger partial charge < -0.3 is 9.30 Å². The van der Waals surface area contributed by atoms with Crippen molar-refractivity contribution in [3.63, 3.8) is 0 Å². The van der Waals surface area contributed by atoms with Gasteiger partial charge in [-0.3, -0.25) is 9.59 Å². The number of ketones is 1. The van der Waals surface area contributed by atoms with E-state index in [1.807, 2.05) is 48.7 Å². The Morgan fingerprint density at radius 3 is 2.44 bits per heavy atom. The first-order chi connectivity index (χ1) is 16.2. The molecule has 1 fully saturated rings. The van der Waals surface area contributed by atoms with Crippen molar-refractivity contribution in [1.29, 1.82) is 0 Å². The maximum atomic E-state index is 14.1. The summed E-state index contributed by atoms with van der Waals surface area (Å²) in [6, 6.07) is 15.2. The molecule has 0 aliphatic carbocycles. The maximum absolute atomic E-state index is 14.1. The van der Waals surface area contributed by atoms with E-state index in [2.05, 4.69) is 0 Å². The molecular weight excluding hydrogens is 459 g/mol. The van der Waals surface area contributed by atoms with Crippen molar-refractivity contribution in [2.24, 2.45) is 0 Å². The molecule has 9 heteroatoms. The van der Waals surface area contributed by atoms with Gasteiger partial charge in [-0.1, -0.05) is 30.3 Å². The smallest absolute Gasteiger partial charge is 0.324 e. The standard InChI is InChI=1S/C25H25FN2O5S/c1-17-15-20(18(2)28(17)19-9-4-3-5-10-19)23(29)16-33-25(30)22-12-8-14-27(22)34(31,32)24-13-7-6-11-21(24)26/h3-7,9-11,13,15,22H,8,12,14,16H2,1-2H3/t22-/m0/s1. The number of nitrogens with zero attached hydrogens (tertiary/aromatic N) is 2. The summed E-state index contributed by atoms with van der Waals surface area (Å²) in [5.74, 6) is -2.08. The van der Waals surface area contributed by atoms with Crippen LogP contribution in [0.4, 0.5) is 4.39 Å². The number of halogens is 1. The molecule has 1 aliphatic heterocycles. The fraction of sp³-hybridized carbons (Fsp3) is 0.280. The molecule has 3 aromatic rings. The largest absolute Gasteiger partial charge is 0.456 e. The van der Waals surface area contributed by atoms with Crippen LogP contribution < -0.4 is 0 Å². The third-order valence-electron chi connectivity index (χ3n) is 5.99. The number of carbonyl (C=O) groups is 2. The van der Waals surface area contributed by atoms with E-state index in [0.29, 0.717) is 12.0 Å². The molecule has 0 amide bonds. The van der Waals surface area contributed by atoms with E-state index < -0.39 is 39.4 Å². The van der Waals surface area contributed by atoms with Crippen molar-refractivity contribution in [2.45, 2.75) is 37.6 Å². The summed E-state index contributed by atoms with van der Waals surface area (Å²) in [6.07, 6.45) is 0.669. The number of ether oxygens (including phenoxy) is 1. The number of aromatic nitrogens is 1. The molecule has 34 heavy (non-hydrogen) atoms. The number of sulfonamides is 1. The summed E-state index contributed by atoms with van der Waals surface area (Å²) >= 11 is 0. The van der Waals surface area contributed by atoms with Crippen molar-refractivity contribution in [3.8, 4) is 5.69 Å². The normalized spacial score (nSPS) is 16.5. The topological polar surface area (TPSA) is 85.7 Å². The van der Waals surface area contributed by atoms with E-state index in [-0.39, 0.29) is 18.7 Å². The van der Waals surface area contributed by atoms with Crippen LogP contribution in [0.2, 0.25) is 0 Å². The summed E-state index contributed by atoms with van der Waals surface area (Å²) < 4.78 is 48.2. The van der Waals surface area contributed by atoms with Gasteiger partial charge in [0, 0.05) is 29.2 Å². The zero-order valence-corrected chi connectivity index (χ0v) is 19.7. The van der Waals surface area contributed by atoms with Crippen LogP contribution in [0.5, 0.6) is 0 Å². The number of esters is 1. The second-order valence-electron chi connectivity index (χ2n) is 8.19. The van der Waals surface area contributed by atoms with Crippen LogP contribution >= 0.6 is 0 Å². The van der Waals surface area contributed by atoms with Crippen LogP contribution in [-0.2, 0) is 19.6 Å². The predicted octanol–water partition coefficient (Wildman–Crippen LogP) is 3.81. The first-order valence-electron chi connectivity index (χ1n) is 10.9. The molecule has 0 bridgehead atoms. The third-order valence-corrected chi connectivity index (χ3v) is 7.93. The highest BCUT2D eigenvalue weighted by Crippen LogP contribution is 2.28. The summed E-state index contributed by atoms with van der Waals surface area (Å²) in [6.45, 7) is 3.26. The van der Waals surface area contributed by atoms with Crippen molar-refractivity contribution >= 4 is 21.8 Å². The molecule has 178 valence electrons. The van der Waals surface area contributed by atoms with Crippen molar-refractivity contribution in [1.82, 2.24) is 8.87 Å². The Bertz CT molecular complexity index is 1330. The highest BCUT2D eigenvalue weighted by Gasteiger charge is 2.41. The lowest BCUT2D eigenvalue weighted by Crippen LogP contribution is -2.42. The van der Waals surface area contributed by atoms with Gasteiger partial charge in [0.25, 0.3) is 0 Å². The highest BCUT2D eigenvalue weighted by molar-refractivity contribution is 7.89. The van der Waals surface area contributed by atoms with Gasteiger partial charge in [-0.15, -0.1) is 0 Å². The number of hydrogen-bond acceptors (Lipinski definition) is 5. The van der Waals surface area contributed by atoms with Crippen LogP contribution in [0, 0.1) is 19.7 Å². The lowest BCUT2D eigenvalue weighted by Gasteiger charge is -2.22. The van der Waals surface area contributed by atoms with Gasteiger partial charge in [-0.2, -0.15) is 4.31 Å². The van der Waals surface area contributed by atoms with E-state index in [9.17, 15) is 22.4 Å². The zero-order valence-electron chi connectivity index (χ0n) is 18.9. The molecule has 2 aromatic carbocycles. The first kappa shape index (κ1) is 23.8. The monoisotopic (exact) mass is 484 g/mol. The lowest BCUT2D eigenvalue weighted by atomic mass is 10.1. The second kappa shape index (κ2) is 9.52. The van der Waals surface area contributed by atoms with Gasteiger partial charge >= 0.3 is 5.97 Å². The molecule has 0 saturated carbocycles. The minimum absolute atomic E-state index is 0.0720. The maximum Gasteiger partial charge on any atom is 0.324 e.